The Kier molecular flexibility index (Phi) is 7.59. The lowest BCUT2D eigenvalue weighted by molar-refractivity contribution is -0.384. The second-order valence-electron chi connectivity index (χ2n) is 6.13. The van der Waals surface area contributed by atoms with Gasteiger partial charge in [0, 0.05) is 17.7 Å². The van der Waals surface area contributed by atoms with Gasteiger partial charge in [-0.1, -0.05) is 23.4 Å². The average Bonchev–Trinajstić information content (AvgIpc) is 3.20. The highest BCUT2D eigenvalue weighted by Gasteiger charge is 2.19. The van der Waals surface area contributed by atoms with Gasteiger partial charge in [-0.05, 0) is 36.1 Å². The Morgan fingerprint density at radius 1 is 1.28 bits per heavy atom. The van der Waals surface area contributed by atoms with E-state index in [4.69, 9.17) is 21.1 Å². The van der Waals surface area contributed by atoms with Crippen molar-refractivity contribution < 1.29 is 23.2 Å². The van der Waals surface area contributed by atoms with E-state index in [1.54, 1.807) is 24.5 Å². The maximum absolute atomic E-state index is 13.1. The van der Waals surface area contributed by atoms with E-state index in [2.05, 4.69) is 15.3 Å². The smallest absolute Gasteiger partial charge is 0.299 e. The predicted octanol–water partition coefficient (Wildman–Crippen LogP) is 4.97. The topological polar surface area (TPSA) is 105 Å². The van der Waals surface area contributed by atoms with Gasteiger partial charge in [0.25, 0.3) is 12.1 Å². The van der Waals surface area contributed by atoms with Gasteiger partial charge in [-0.3, -0.25) is 10.1 Å². The third-order valence-electron chi connectivity index (χ3n) is 4.15. The lowest BCUT2D eigenvalue weighted by atomic mass is 10.1. The summed E-state index contributed by atoms with van der Waals surface area (Å²) in [5.74, 6) is 0.215. The van der Waals surface area contributed by atoms with Gasteiger partial charge in [0.1, 0.15) is 18.1 Å². The van der Waals surface area contributed by atoms with Crippen molar-refractivity contribution in [2.75, 3.05) is 13.4 Å². The van der Waals surface area contributed by atoms with E-state index in [1.165, 1.54) is 31.5 Å². The SMILES string of the molecule is COc1ccc(C=Nn2c(SC)nnc2C(F)F)cc1COc1ccc([N+](=O)[O-])cc1Cl. The summed E-state index contributed by atoms with van der Waals surface area (Å²) in [5.41, 5.74) is 1.05. The van der Waals surface area contributed by atoms with E-state index in [0.29, 0.717) is 16.9 Å². The van der Waals surface area contributed by atoms with E-state index in [-0.39, 0.29) is 28.2 Å². The number of ether oxygens (including phenoxy) is 2. The van der Waals surface area contributed by atoms with Crippen LogP contribution < -0.4 is 9.47 Å². The minimum absolute atomic E-state index is 0.0351. The highest BCUT2D eigenvalue weighted by molar-refractivity contribution is 7.98. The molecule has 3 rings (SSSR count). The summed E-state index contributed by atoms with van der Waals surface area (Å²) in [6.45, 7) is 0.0351. The first-order valence-corrected chi connectivity index (χ1v) is 10.5. The van der Waals surface area contributed by atoms with Crippen LogP contribution in [-0.4, -0.2) is 39.4 Å². The van der Waals surface area contributed by atoms with Gasteiger partial charge < -0.3 is 9.47 Å². The maximum Gasteiger partial charge on any atom is 0.299 e. The Morgan fingerprint density at radius 2 is 2.03 bits per heavy atom. The molecule has 9 nitrogen and oxygen atoms in total. The molecule has 0 atom stereocenters. The van der Waals surface area contributed by atoms with Crippen LogP contribution >= 0.6 is 23.4 Å². The lowest BCUT2D eigenvalue weighted by Gasteiger charge is -2.12. The molecule has 0 aliphatic heterocycles. The molecule has 0 aliphatic carbocycles. The summed E-state index contributed by atoms with van der Waals surface area (Å²) in [7, 11) is 1.49. The van der Waals surface area contributed by atoms with Crippen LogP contribution in [0.3, 0.4) is 0 Å². The number of alkyl halides is 2. The molecule has 0 N–H and O–H groups in total. The zero-order valence-electron chi connectivity index (χ0n) is 16.7. The normalized spacial score (nSPS) is 11.3. The van der Waals surface area contributed by atoms with E-state index < -0.39 is 17.2 Å². The van der Waals surface area contributed by atoms with Crippen molar-refractivity contribution in [3.63, 3.8) is 0 Å². The van der Waals surface area contributed by atoms with E-state index >= 15 is 0 Å². The van der Waals surface area contributed by atoms with Crippen LogP contribution in [-0.2, 0) is 6.61 Å². The number of benzene rings is 2. The molecule has 0 fully saturated rings. The van der Waals surface area contributed by atoms with Crippen LogP contribution in [0.5, 0.6) is 11.5 Å². The van der Waals surface area contributed by atoms with Crippen LogP contribution in [0, 0.1) is 10.1 Å². The second kappa shape index (κ2) is 10.4. The number of thioether (sulfide) groups is 1. The summed E-state index contributed by atoms with van der Waals surface area (Å²) in [5, 5.41) is 22.4. The van der Waals surface area contributed by atoms with E-state index in [1.807, 2.05) is 0 Å². The number of aromatic nitrogens is 3. The molecule has 0 radical (unpaired) electrons. The van der Waals surface area contributed by atoms with Crippen molar-refractivity contribution in [2.24, 2.45) is 5.10 Å². The van der Waals surface area contributed by atoms with E-state index in [0.717, 1.165) is 16.4 Å². The molecule has 32 heavy (non-hydrogen) atoms. The molecule has 3 aromatic rings. The molecule has 1 heterocycles. The van der Waals surface area contributed by atoms with Gasteiger partial charge in [0.05, 0.1) is 23.3 Å². The molecule has 0 spiro atoms. The number of nitro benzene ring substituents is 1. The first-order valence-electron chi connectivity index (χ1n) is 8.89. The van der Waals surface area contributed by atoms with Crippen molar-refractivity contribution in [1.82, 2.24) is 14.9 Å². The Bertz CT molecular complexity index is 1160. The number of rotatable bonds is 9. The molecule has 13 heteroatoms. The van der Waals surface area contributed by atoms with Crippen molar-refractivity contribution in [3.8, 4) is 11.5 Å². The number of non-ortho nitro benzene ring substituents is 1. The van der Waals surface area contributed by atoms with Crippen molar-refractivity contribution in [1.29, 1.82) is 0 Å². The van der Waals surface area contributed by atoms with Crippen molar-refractivity contribution in [2.45, 2.75) is 18.2 Å². The highest BCUT2D eigenvalue weighted by atomic mass is 35.5. The zero-order chi connectivity index (χ0) is 23.3. The quantitative estimate of drug-likeness (QED) is 0.183. The number of hydrogen-bond acceptors (Lipinski definition) is 8. The van der Waals surface area contributed by atoms with Crippen molar-refractivity contribution in [3.05, 3.63) is 68.5 Å². The molecule has 0 aliphatic rings. The fourth-order valence-corrected chi connectivity index (χ4v) is 3.31. The summed E-state index contributed by atoms with van der Waals surface area (Å²) in [6.07, 6.45) is 0.237. The van der Waals surface area contributed by atoms with Crippen LogP contribution in [0.4, 0.5) is 14.5 Å². The fourth-order valence-electron chi connectivity index (χ4n) is 2.64. The van der Waals surface area contributed by atoms with Crippen LogP contribution in [0.15, 0.2) is 46.7 Å². The Balaban J connectivity index is 1.83. The van der Waals surface area contributed by atoms with Crippen LogP contribution in [0.25, 0.3) is 0 Å². The molecular weight excluding hydrogens is 468 g/mol. The monoisotopic (exact) mass is 483 g/mol. The number of nitrogens with zero attached hydrogens (tertiary/aromatic N) is 5. The Morgan fingerprint density at radius 3 is 2.66 bits per heavy atom. The molecule has 1 aromatic heterocycles. The number of hydrogen-bond donors (Lipinski definition) is 0. The van der Waals surface area contributed by atoms with Crippen LogP contribution in [0.2, 0.25) is 5.02 Å². The van der Waals surface area contributed by atoms with Gasteiger partial charge in [0.2, 0.25) is 11.0 Å². The summed E-state index contributed by atoms with van der Waals surface area (Å²) in [4.78, 5) is 10.3. The fraction of sp³-hybridized carbons (Fsp3) is 0.211. The second-order valence-corrected chi connectivity index (χ2v) is 7.31. The minimum atomic E-state index is -2.83. The highest BCUT2D eigenvalue weighted by Crippen LogP contribution is 2.30. The van der Waals surface area contributed by atoms with Gasteiger partial charge >= 0.3 is 0 Å². The summed E-state index contributed by atoms with van der Waals surface area (Å²) in [6, 6.07) is 8.95. The standard InChI is InChI=1S/C19H16ClF2N5O4S/c1-30-15-5-3-11(9-23-26-18(17(21)22)24-25-19(26)32-2)7-12(15)10-31-16-6-4-13(27(28)29)8-14(16)20/h3-9,17H,10H2,1-2H3. The first-order chi connectivity index (χ1) is 15.3. The first kappa shape index (κ1) is 23.4. The molecule has 0 bridgehead atoms. The zero-order valence-corrected chi connectivity index (χ0v) is 18.3. The predicted molar refractivity (Wildman–Crippen MR) is 115 cm³/mol. The Hall–Kier alpha value is -3.25. The van der Waals surface area contributed by atoms with Gasteiger partial charge in [-0.25, -0.2) is 8.78 Å². The van der Waals surface area contributed by atoms with Crippen LogP contribution in [0.1, 0.15) is 23.4 Å². The number of nitro groups is 1. The lowest BCUT2D eigenvalue weighted by Crippen LogP contribution is -2.02. The molecule has 0 saturated heterocycles. The minimum Gasteiger partial charge on any atom is -0.496 e. The molecule has 2 aromatic carbocycles. The number of halogens is 3. The van der Waals surface area contributed by atoms with Gasteiger partial charge in [-0.15, -0.1) is 10.2 Å². The number of methoxy groups -OCH3 is 1. The molecule has 168 valence electrons. The molecule has 0 unspecified atom stereocenters. The average molecular weight is 484 g/mol. The summed E-state index contributed by atoms with van der Waals surface area (Å²) >= 11 is 7.20. The van der Waals surface area contributed by atoms with E-state index in [9.17, 15) is 18.9 Å². The summed E-state index contributed by atoms with van der Waals surface area (Å²) < 4.78 is 38.3. The molecular formula is C19H16ClF2N5O4S. The Labute approximate surface area is 190 Å². The molecule has 0 saturated carbocycles. The third-order valence-corrected chi connectivity index (χ3v) is 5.07. The van der Waals surface area contributed by atoms with Gasteiger partial charge in [-0.2, -0.15) is 9.78 Å². The molecule has 0 amide bonds. The van der Waals surface area contributed by atoms with Gasteiger partial charge in [0.15, 0.2) is 0 Å². The largest absolute Gasteiger partial charge is 0.496 e. The van der Waals surface area contributed by atoms with Crippen molar-refractivity contribution >= 4 is 35.3 Å². The maximum atomic E-state index is 13.1. The third kappa shape index (κ3) is 5.32.